The van der Waals surface area contributed by atoms with Crippen molar-refractivity contribution in [3.05, 3.63) is 24.3 Å². The number of hydrogen-bond acceptors (Lipinski definition) is 4. The lowest BCUT2D eigenvalue weighted by Gasteiger charge is -2.09. The summed E-state index contributed by atoms with van der Waals surface area (Å²) in [5.74, 6) is 0.745. The minimum atomic E-state index is 0. The van der Waals surface area contributed by atoms with Gasteiger partial charge in [0.25, 0.3) is 0 Å². The number of benzene rings is 1. The Morgan fingerprint density at radius 2 is 2.10 bits per heavy atom. The van der Waals surface area contributed by atoms with Crippen molar-refractivity contribution in [2.75, 3.05) is 39.2 Å². The number of amides is 1. The molecule has 0 aliphatic carbocycles. The molecule has 0 unspecified atom stereocenters. The van der Waals surface area contributed by atoms with Gasteiger partial charge in [0.05, 0.1) is 6.61 Å². The molecule has 0 heterocycles. The summed E-state index contributed by atoms with van der Waals surface area (Å²) in [7, 11) is 3.50. The summed E-state index contributed by atoms with van der Waals surface area (Å²) in [5.41, 5.74) is 0.754. The molecule has 114 valence electrons. The summed E-state index contributed by atoms with van der Waals surface area (Å²) in [6.45, 7) is 1.88. The fourth-order valence-corrected chi connectivity index (χ4v) is 1.56. The second kappa shape index (κ2) is 11.5. The average molecular weight is 303 g/mol. The number of methoxy groups -OCH3 is 1. The molecule has 20 heavy (non-hydrogen) atoms. The average Bonchev–Trinajstić information content (AvgIpc) is 2.40. The molecular formula is C14H23ClN2O3. The Morgan fingerprint density at radius 1 is 1.30 bits per heavy atom. The summed E-state index contributed by atoms with van der Waals surface area (Å²) >= 11 is 0. The van der Waals surface area contributed by atoms with Crippen LogP contribution >= 0.6 is 12.4 Å². The summed E-state index contributed by atoms with van der Waals surface area (Å²) in [6.07, 6.45) is 1.34. The molecule has 0 atom stereocenters. The maximum Gasteiger partial charge on any atom is 0.224 e. The Kier molecular flexibility index (Phi) is 10.8. The van der Waals surface area contributed by atoms with E-state index < -0.39 is 0 Å². The minimum Gasteiger partial charge on any atom is -0.491 e. The Morgan fingerprint density at radius 3 is 2.80 bits per heavy atom. The fourth-order valence-electron chi connectivity index (χ4n) is 1.56. The van der Waals surface area contributed by atoms with E-state index in [4.69, 9.17) is 9.47 Å². The third kappa shape index (κ3) is 7.99. The van der Waals surface area contributed by atoms with Crippen LogP contribution in [0.25, 0.3) is 0 Å². The van der Waals surface area contributed by atoms with Crippen LogP contribution in [-0.4, -0.2) is 39.8 Å². The van der Waals surface area contributed by atoms with Gasteiger partial charge in [-0.3, -0.25) is 4.79 Å². The van der Waals surface area contributed by atoms with E-state index in [1.807, 2.05) is 31.3 Å². The molecule has 1 amide bonds. The molecule has 0 bridgehead atoms. The first kappa shape index (κ1) is 18.7. The lowest BCUT2D eigenvalue weighted by Crippen LogP contribution is -2.15. The summed E-state index contributed by atoms with van der Waals surface area (Å²) < 4.78 is 10.4. The van der Waals surface area contributed by atoms with E-state index in [0.29, 0.717) is 19.6 Å². The van der Waals surface area contributed by atoms with Crippen LogP contribution in [0.5, 0.6) is 5.75 Å². The number of carbonyl (C=O) groups is 1. The summed E-state index contributed by atoms with van der Waals surface area (Å²) in [6, 6.07) is 7.36. The predicted octanol–water partition coefficient (Wildman–Crippen LogP) is 2.07. The molecule has 1 aromatic rings. The van der Waals surface area contributed by atoms with Crippen molar-refractivity contribution in [2.24, 2.45) is 0 Å². The van der Waals surface area contributed by atoms with Crippen LogP contribution < -0.4 is 15.4 Å². The van der Waals surface area contributed by atoms with Gasteiger partial charge in [-0.2, -0.15) is 0 Å². The van der Waals surface area contributed by atoms with Crippen LogP contribution in [0.1, 0.15) is 12.8 Å². The molecule has 0 saturated heterocycles. The molecule has 2 N–H and O–H groups in total. The molecule has 1 aromatic carbocycles. The van der Waals surface area contributed by atoms with Gasteiger partial charge in [-0.25, -0.2) is 0 Å². The molecule has 0 spiro atoms. The SMILES string of the molecule is CNCCCC(=O)Nc1cccc(OCCOC)c1.Cl. The quantitative estimate of drug-likeness (QED) is 0.686. The maximum absolute atomic E-state index is 11.7. The molecule has 0 aliphatic rings. The summed E-state index contributed by atoms with van der Waals surface area (Å²) in [5, 5.41) is 5.87. The van der Waals surface area contributed by atoms with Crippen LogP contribution in [-0.2, 0) is 9.53 Å². The van der Waals surface area contributed by atoms with Crippen LogP contribution in [0.2, 0.25) is 0 Å². The Labute approximate surface area is 126 Å². The van der Waals surface area contributed by atoms with Gasteiger partial charge in [-0.05, 0) is 32.1 Å². The highest BCUT2D eigenvalue weighted by Gasteiger charge is 2.03. The molecule has 0 radical (unpaired) electrons. The van der Waals surface area contributed by atoms with E-state index in [1.165, 1.54) is 0 Å². The lowest BCUT2D eigenvalue weighted by molar-refractivity contribution is -0.116. The van der Waals surface area contributed by atoms with Crippen molar-refractivity contribution in [3.63, 3.8) is 0 Å². The molecule has 0 saturated carbocycles. The first-order chi connectivity index (χ1) is 9.26. The number of nitrogens with one attached hydrogen (secondary N) is 2. The van der Waals surface area contributed by atoms with Crippen LogP contribution in [0, 0.1) is 0 Å². The Bertz CT molecular complexity index is 388. The smallest absolute Gasteiger partial charge is 0.224 e. The van der Waals surface area contributed by atoms with Gasteiger partial charge < -0.3 is 20.1 Å². The van der Waals surface area contributed by atoms with Gasteiger partial charge in [0.1, 0.15) is 12.4 Å². The highest BCUT2D eigenvalue weighted by molar-refractivity contribution is 5.90. The van der Waals surface area contributed by atoms with Gasteiger partial charge in [0.2, 0.25) is 5.91 Å². The second-order valence-electron chi connectivity index (χ2n) is 4.12. The van der Waals surface area contributed by atoms with E-state index in [0.717, 1.165) is 24.4 Å². The molecule has 0 aliphatic heterocycles. The van der Waals surface area contributed by atoms with Gasteiger partial charge in [-0.1, -0.05) is 6.07 Å². The van der Waals surface area contributed by atoms with E-state index in [1.54, 1.807) is 7.11 Å². The van der Waals surface area contributed by atoms with E-state index in [9.17, 15) is 4.79 Å². The number of anilines is 1. The normalized spacial score (nSPS) is 9.70. The molecule has 0 aromatic heterocycles. The van der Waals surface area contributed by atoms with Crippen LogP contribution in [0.3, 0.4) is 0 Å². The van der Waals surface area contributed by atoms with Crippen LogP contribution in [0.4, 0.5) is 5.69 Å². The zero-order valence-electron chi connectivity index (χ0n) is 12.0. The zero-order chi connectivity index (χ0) is 13.9. The van der Waals surface area contributed by atoms with Crippen molar-refractivity contribution in [1.82, 2.24) is 5.32 Å². The summed E-state index contributed by atoms with van der Waals surface area (Å²) in [4.78, 5) is 11.7. The van der Waals surface area contributed by atoms with Crippen LogP contribution in [0.15, 0.2) is 24.3 Å². The number of rotatable bonds is 9. The first-order valence-electron chi connectivity index (χ1n) is 6.42. The standard InChI is InChI=1S/C14H22N2O3.ClH/c1-15-8-4-7-14(17)16-12-5-3-6-13(11-12)19-10-9-18-2;/h3,5-6,11,15H,4,7-10H2,1-2H3,(H,16,17);1H. The monoisotopic (exact) mass is 302 g/mol. The minimum absolute atomic E-state index is 0. The van der Waals surface area contributed by atoms with Gasteiger partial charge in [0.15, 0.2) is 0 Å². The van der Waals surface area contributed by atoms with Gasteiger partial charge in [-0.15, -0.1) is 12.4 Å². The number of carbonyl (C=O) groups excluding carboxylic acids is 1. The van der Waals surface area contributed by atoms with Gasteiger partial charge >= 0.3 is 0 Å². The number of ether oxygens (including phenoxy) is 2. The Balaban J connectivity index is 0.00000361. The predicted molar refractivity (Wildman–Crippen MR) is 82.9 cm³/mol. The van der Waals surface area contributed by atoms with Crippen molar-refractivity contribution in [1.29, 1.82) is 0 Å². The molecule has 1 rings (SSSR count). The zero-order valence-corrected chi connectivity index (χ0v) is 12.8. The van der Waals surface area contributed by atoms with Gasteiger partial charge in [0, 0.05) is 25.3 Å². The maximum atomic E-state index is 11.7. The highest BCUT2D eigenvalue weighted by Crippen LogP contribution is 2.17. The van der Waals surface area contributed by atoms with E-state index in [2.05, 4.69) is 10.6 Å². The largest absolute Gasteiger partial charge is 0.491 e. The molecular weight excluding hydrogens is 280 g/mol. The topological polar surface area (TPSA) is 59.6 Å². The van der Waals surface area contributed by atoms with Crippen molar-refractivity contribution in [2.45, 2.75) is 12.8 Å². The lowest BCUT2D eigenvalue weighted by atomic mass is 10.2. The molecule has 0 fully saturated rings. The fraction of sp³-hybridized carbons (Fsp3) is 0.500. The third-order valence-electron chi connectivity index (χ3n) is 2.50. The first-order valence-corrected chi connectivity index (χ1v) is 6.42. The number of hydrogen-bond donors (Lipinski definition) is 2. The third-order valence-corrected chi connectivity index (χ3v) is 2.50. The highest BCUT2D eigenvalue weighted by atomic mass is 35.5. The Hall–Kier alpha value is -1.30. The molecule has 6 heteroatoms. The number of halogens is 1. The van der Waals surface area contributed by atoms with E-state index in [-0.39, 0.29) is 18.3 Å². The van der Waals surface area contributed by atoms with Crippen molar-refractivity contribution in [3.8, 4) is 5.75 Å². The van der Waals surface area contributed by atoms with E-state index >= 15 is 0 Å². The second-order valence-corrected chi connectivity index (χ2v) is 4.12. The van der Waals surface area contributed by atoms with Crippen molar-refractivity contribution < 1.29 is 14.3 Å². The van der Waals surface area contributed by atoms with Crippen molar-refractivity contribution >= 4 is 24.0 Å². The molecule has 5 nitrogen and oxygen atoms in total.